The van der Waals surface area contributed by atoms with E-state index in [4.69, 9.17) is 0 Å². The summed E-state index contributed by atoms with van der Waals surface area (Å²) in [5, 5.41) is 0. The van der Waals surface area contributed by atoms with E-state index >= 15 is 0 Å². The Balaban J connectivity index is 2.23. The fourth-order valence-electron chi connectivity index (χ4n) is 2.30. The molecule has 0 aromatic carbocycles. The summed E-state index contributed by atoms with van der Waals surface area (Å²) in [6.07, 6.45) is 11.2. The first-order valence-corrected chi connectivity index (χ1v) is 7.34. The van der Waals surface area contributed by atoms with E-state index < -0.39 is 14.8 Å². The van der Waals surface area contributed by atoms with Gasteiger partial charge in [-0.15, -0.1) is 0 Å². The first kappa shape index (κ1) is 11.9. The van der Waals surface area contributed by atoms with Gasteiger partial charge in [-0.3, -0.25) is 0 Å². The van der Waals surface area contributed by atoms with Crippen molar-refractivity contribution in [2.75, 3.05) is 13.1 Å². The molecule has 16 heavy (non-hydrogen) atoms. The van der Waals surface area contributed by atoms with Crippen molar-refractivity contribution < 1.29 is 8.42 Å². The highest BCUT2D eigenvalue weighted by atomic mass is 32.2. The minimum absolute atomic E-state index is 0.586. The number of nitrogens with zero attached hydrogens (tertiary/aromatic N) is 1. The molecule has 1 heterocycles. The average molecular weight is 241 g/mol. The van der Waals surface area contributed by atoms with Crippen LogP contribution in [0.25, 0.3) is 0 Å². The second kappa shape index (κ2) is 4.34. The third kappa shape index (κ3) is 1.96. The maximum absolute atomic E-state index is 12.5. The minimum Gasteiger partial charge on any atom is -0.211 e. The average Bonchev–Trinajstić information content (AvgIpc) is 2.31. The Kier molecular flexibility index (Phi) is 3.22. The molecule has 1 atom stereocenters. The molecule has 0 spiro atoms. The standard InChI is InChI=1S/C12H19NO2S/c1-12(8-4-2-5-9-12)16(14,15)13-10-6-3-7-11-13/h2,4-5,8H,3,6-7,9-11H2,1H3. The number of sulfonamides is 1. The quantitative estimate of drug-likeness (QED) is 0.742. The van der Waals surface area contributed by atoms with Gasteiger partial charge in [0.25, 0.3) is 0 Å². The van der Waals surface area contributed by atoms with Gasteiger partial charge in [-0.05, 0) is 26.2 Å². The predicted octanol–water partition coefficient (Wildman–Crippen LogP) is 2.08. The Morgan fingerprint density at radius 3 is 2.38 bits per heavy atom. The maximum Gasteiger partial charge on any atom is 0.223 e. The molecule has 0 N–H and O–H groups in total. The monoisotopic (exact) mass is 241 g/mol. The van der Waals surface area contributed by atoms with E-state index in [1.807, 2.05) is 31.2 Å². The van der Waals surface area contributed by atoms with E-state index in [9.17, 15) is 8.42 Å². The molecular weight excluding hydrogens is 222 g/mol. The van der Waals surface area contributed by atoms with Crippen LogP contribution < -0.4 is 0 Å². The first-order chi connectivity index (χ1) is 7.56. The Hall–Kier alpha value is -0.610. The van der Waals surface area contributed by atoms with Gasteiger partial charge in [-0.25, -0.2) is 12.7 Å². The summed E-state index contributed by atoms with van der Waals surface area (Å²) in [7, 11) is -3.19. The largest absolute Gasteiger partial charge is 0.223 e. The van der Waals surface area contributed by atoms with E-state index in [0.29, 0.717) is 19.5 Å². The fraction of sp³-hybridized carbons (Fsp3) is 0.667. The lowest BCUT2D eigenvalue weighted by Crippen LogP contribution is -2.47. The van der Waals surface area contributed by atoms with Gasteiger partial charge in [0.15, 0.2) is 0 Å². The third-order valence-corrected chi connectivity index (χ3v) is 5.99. The highest BCUT2D eigenvalue weighted by molar-refractivity contribution is 7.90. The number of rotatable bonds is 2. The van der Waals surface area contributed by atoms with Gasteiger partial charge in [0.1, 0.15) is 4.75 Å². The zero-order valence-electron chi connectivity index (χ0n) is 9.72. The van der Waals surface area contributed by atoms with Crippen LogP contribution in [0.2, 0.25) is 0 Å². The van der Waals surface area contributed by atoms with Crippen molar-refractivity contribution in [1.82, 2.24) is 4.31 Å². The van der Waals surface area contributed by atoms with Crippen LogP contribution in [0.3, 0.4) is 0 Å². The number of allylic oxidation sites excluding steroid dienone is 3. The smallest absolute Gasteiger partial charge is 0.211 e. The van der Waals surface area contributed by atoms with Crippen molar-refractivity contribution in [2.24, 2.45) is 0 Å². The minimum atomic E-state index is -3.19. The molecule has 2 rings (SSSR count). The van der Waals surface area contributed by atoms with Crippen molar-refractivity contribution in [2.45, 2.75) is 37.4 Å². The van der Waals surface area contributed by atoms with Gasteiger partial charge in [0.2, 0.25) is 10.0 Å². The van der Waals surface area contributed by atoms with E-state index in [-0.39, 0.29) is 0 Å². The molecule has 1 unspecified atom stereocenters. The summed E-state index contributed by atoms with van der Waals surface area (Å²) in [4.78, 5) is 0. The molecular formula is C12H19NO2S. The van der Waals surface area contributed by atoms with Crippen LogP contribution in [0.15, 0.2) is 24.3 Å². The van der Waals surface area contributed by atoms with Crippen LogP contribution >= 0.6 is 0 Å². The Morgan fingerprint density at radius 1 is 1.12 bits per heavy atom. The van der Waals surface area contributed by atoms with Crippen molar-refractivity contribution in [3.63, 3.8) is 0 Å². The normalized spacial score (nSPS) is 31.8. The molecule has 90 valence electrons. The number of hydrogen-bond donors (Lipinski definition) is 0. The lowest BCUT2D eigenvalue weighted by molar-refractivity contribution is 0.337. The summed E-state index contributed by atoms with van der Waals surface area (Å²) in [5.74, 6) is 0. The predicted molar refractivity (Wildman–Crippen MR) is 65.6 cm³/mol. The topological polar surface area (TPSA) is 37.4 Å². The molecule has 1 aliphatic carbocycles. The fourth-order valence-corrected chi connectivity index (χ4v) is 4.19. The van der Waals surface area contributed by atoms with Crippen LogP contribution in [-0.4, -0.2) is 30.6 Å². The zero-order chi connectivity index (χ0) is 11.6. The van der Waals surface area contributed by atoms with Crippen LogP contribution in [0.4, 0.5) is 0 Å². The molecule has 3 nitrogen and oxygen atoms in total. The maximum atomic E-state index is 12.5. The SMILES string of the molecule is CC1(S(=O)(=O)N2CCCCC2)C=CC=CC1. The molecule has 2 aliphatic rings. The van der Waals surface area contributed by atoms with Crippen molar-refractivity contribution >= 4 is 10.0 Å². The van der Waals surface area contributed by atoms with Gasteiger partial charge in [0.05, 0.1) is 0 Å². The second-order valence-electron chi connectivity index (χ2n) is 4.77. The number of hydrogen-bond acceptors (Lipinski definition) is 2. The lowest BCUT2D eigenvalue weighted by atomic mass is 10.0. The van der Waals surface area contributed by atoms with Gasteiger partial charge in [0, 0.05) is 13.1 Å². The van der Waals surface area contributed by atoms with Crippen LogP contribution in [-0.2, 0) is 10.0 Å². The second-order valence-corrected chi connectivity index (χ2v) is 7.17. The first-order valence-electron chi connectivity index (χ1n) is 5.90. The molecule has 0 saturated carbocycles. The molecule has 0 bridgehead atoms. The molecule has 1 saturated heterocycles. The summed E-state index contributed by atoms with van der Waals surface area (Å²) in [6, 6.07) is 0. The third-order valence-electron chi connectivity index (χ3n) is 3.46. The van der Waals surface area contributed by atoms with E-state index in [0.717, 1.165) is 19.3 Å². The van der Waals surface area contributed by atoms with E-state index in [2.05, 4.69) is 0 Å². The van der Waals surface area contributed by atoms with Crippen LogP contribution in [0, 0.1) is 0 Å². The molecule has 0 aromatic heterocycles. The van der Waals surface area contributed by atoms with Gasteiger partial charge < -0.3 is 0 Å². The zero-order valence-corrected chi connectivity index (χ0v) is 10.5. The Bertz CT molecular complexity index is 405. The van der Waals surface area contributed by atoms with E-state index in [1.54, 1.807) is 4.31 Å². The van der Waals surface area contributed by atoms with Crippen molar-refractivity contribution in [3.05, 3.63) is 24.3 Å². The van der Waals surface area contributed by atoms with Gasteiger partial charge >= 0.3 is 0 Å². The number of piperidine rings is 1. The molecule has 0 aromatic rings. The molecule has 1 fully saturated rings. The lowest BCUT2D eigenvalue weighted by Gasteiger charge is -2.35. The summed E-state index contributed by atoms with van der Waals surface area (Å²) >= 11 is 0. The van der Waals surface area contributed by atoms with Crippen LogP contribution in [0.1, 0.15) is 32.6 Å². The van der Waals surface area contributed by atoms with Gasteiger partial charge in [-0.1, -0.05) is 30.7 Å². The highest BCUT2D eigenvalue weighted by Crippen LogP contribution is 2.31. The Labute approximate surface area is 97.9 Å². The molecule has 4 heteroatoms. The van der Waals surface area contributed by atoms with Crippen molar-refractivity contribution in [1.29, 1.82) is 0 Å². The molecule has 0 amide bonds. The molecule has 0 radical (unpaired) electrons. The summed E-state index contributed by atoms with van der Waals surface area (Å²) in [5.41, 5.74) is 0. The van der Waals surface area contributed by atoms with Crippen LogP contribution in [0.5, 0.6) is 0 Å². The summed E-state index contributed by atoms with van der Waals surface area (Å²) < 4.78 is 25.9. The van der Waals surface area contributed by atoms with E-state index in [1.165, 1.54) is 0 Å². The van der Waals surface area contributed by atoms with Crippen molar-refractivity contribution in [3.8, 4) is 0 Å². The Morgan fingerprint density at radius 2 is 1.81 bits per heavy atom. The van der Waals surface area contributed by atoms with Gasteiger partial charge in [-0.2, -0.15) is 0 Å². The summed E-state index contributed by atoms with van der Waals surface area (Å²) in [6.45, 7) is 3.20. The molecule has 1 aliphatic heterocycles. The highest BCUT2D eigenvalue weighted by Gasteiger charge is 2.41.